The zero-order chi connectivity index (χ0) is 12.4. The van der Waals surface area contributed by atoms with Crippen LogP contribution in [0.1, 0.15) is 52.9 Å². The Hall–Kier alpha value is -0.0800. The van der Waals surface area contributed by atoms with Crippen LogP contribution in [-0.2, 0) is 0 Å². The summed E-state index contributed by atoms with van der Waals surface area (Å²) in [7, 11) is 0. The molecule has 0 bridgehead atoms. The number of hydrogen-bond donors (Lipinski definition) is 1. The molecular weight excluding hydrogens is 208 g/mol. The van der Waals surface area contributed by atoms with Crippen molar-refractivity contribution in [2.75, 3.05) is 32.7 Å². The topological polar surface area (TPSA) is 15.3 Å². The van der Waals surface area contributed by atoms with Gasteiger partial charge in [0, 0.05) is 6.54 Å². The van der Waals surface area contributed by atoms with Crippen LogP contribution in [0.4, 0.5) is 0 Å². The summed E-state index contributed by atoms with van der Waals surface area (Å²) in [5.74, 6) is 0. The molecule has 0 aromatic carbocycles. The molecule has 0 atom stereocenters. The van der Waals surface area contributed by atoms with Crippen LogP contribution in [0.5, 0.6) is 0 Å². The van der Waals surface area contributed by atoms with Gasteiger partial charge in [0.15, 0.2) is 0 Å². The zero-order valence-corrected chi connectivity index (χ0v) is 12.0. The van der Waals surface area contributed by atoms with Crippen molar-refractivity contribution < 1.29 is 0 Å². The minimum Gasteiger partial charge on any atom is -0.317 e. The van der Waals surface area contributed by atoms with Crippen LogP contribution in [0.2, 0.25) is 0 Å². The molecular formula is C15H30N2. The molecule has 2 aliphatic rings. The van der Waals surface area contributed by atoms with Crippen molar-refractivity contribution in [3.8, 4) is 0 Å². The lowest BCUT2D eigenvalue weighted by atomic mass is 9.76. The highest BCUT2D eigenvalue weighted by molar-refractivity contribution is 4.87. The first-order valence-corrected chi connectivity index (χ1v) is 7.48. The third kappa shape index (κ3) is 3.45. The number of piperidine rings is 2. The Balaban J connectivity index is 1.81. The largest absolute Gasteiger partial charge is 0.317 e. The highest BCUT2D eigenvalue weighted by atomic mass is 15.1. The van der Waals surface area contributed by atoms with Crippen LogP contribution in [0, 0.1) is 10.8 Å². The molecule has 0 amide bonds. The smallest absolute Gasteiger partial charge is 0.00363 e. The van der Waals surface area contributed by atoms with E-state index in [0.717, 1.165) is 0 Å². The van der Waals surface area contributed by atoms with Gasteiger partial charge in [-0.15, -0.1) is 0 Å². The Morgan fingerprint density at radius 1 is 0.941 bits per heavy atom. The van der Waals surface area contributed by atoms with E-state index in [0.29, 0.717) is 10.8 Å². The molecule has 0 saturated carbocycles. The molecule has 0 aliphatic carbocycles. The second kappa shape index (κ2) is 5.27. The van der Waals surface area contributed by atoms with Crippen molar-refractivity contribution in [1.29, 1.82) is 0 Å². The van der Waals surface area contributed by atoms with Crippen molar-refractivity contribution in [3.63, 3.8) is 0 Å². The highest BCUT2D eigenvalue weighted by Gasteiger charge is 2.33. The normalized spacial score (nSPS) is 29.1. The molecule has 2 rings (SSSR count). The van der Waals surface area contributed by atoms with Gasteiger partial charge in [-0.2, -0.15) is 0 Å². The molecule has 2 saturated heterocycles. The van der Waals surface area contributed by atoms with E-state index in [1.54, 1.807) is 0 Å². The maximum Gasteiger partial charge on any atom is 0.00363 e. The molecule has 2 fully saturated rings. The quantitative estimate of drug-likeness (QED) is 0.813. The maximum absolute atomic E-state index is 3.48. The lowest BCUT2D eigenvalue weighted by Gasteiger charge is -2.44. The first-order chi connectivity index (χ1) is 8.05. The van der Waals surface area contributed by atoms with E-state index in [9.17, 15) is 0 Å². The summed E-state index contributed by atoms with van der Waals surface area (Å²) in [6, 6.07) is 0. The Morgan fingerprint density at radius 3 is 2.06 bits per heavy atom. The molecule has 2 nitrogen and oxygen atoms in total. The fraction of sp³-hybridized carbons (Fsp3) is 1.00. The lowest BCUT2D eigenvalue weighted by molar-refractivity contribution is 0.0647. The van der Waals surface area contributed by atoms with E-state index in [-0.39, 0.29) is 0 Å². The molecule has 100 valence electrons. The van der Waals surface area contributed by atoms with Gasteiger partial charge in [0.05, 0.1) is 0 Å². The molecule has 0 radical (unpaired) electrons. The Kier molecular flexibility index (Phi) is 4.14. The van der Waals surface area contributed by atoms with Crippen LogP contribution in [-0.4, -0.2) is 37.6 Å². The predicted octanol–water partition coefficient (Wildman–Crippen LogP) is 2.89. The molecule has 0 unspecified atom stereocenters. The van der Waals surface area contributed by atoms with Gasteiger partial charge in [-0.05, 0) is 62.7 Å². The molecule has 0 spiro atoms. The van der Waals surface area contributed by atoms with Gasteiger partial charge < -0.3 is 10.2 Å². The minimum absolute atomic E-state index is 0.575. The third-order valence-electron chi connectivity index (χ3n) is 5.33. The van der Waals surface area contributed by atoms with Crippen LogP contribution in [0.25, 0.3) is 0 Å². The lowest BCUT2D eigenvalue weighted by Crippen LogP contribution is -2.46. The Morgan fingerprint density at radius 2 is 1.53 bits per heavy atom. The Bertz CT molecular complexity index is 235. The van der Waals surface area contributed by atoms with Crippen molar-refractivity contribution in [2.24, 2.45) is 10.8 Å². The molecule has 17 heavy (non-hydrogen) atoms. The van der Waals surface area contributed by atoms with Gasteiger partial charge in [-0.3, -0.25) is 0 Å². The van der Waals surface area contributed by atoms with Gasteiger partial charge in [-0.1, -0.05) is 27.2 Å². The van der Waals surface area contributed by atoms with Crippen molar-refractivity contribution >= 4 is 0 Å². The Labute approximate surface area is 107 Å². The molecule has 2 heteroatoms. The minimum atomic E-state index is 0.575. The van der Waals surface area contributed by atoms with Crippen molar-refractivity contribution in [2.45, 2.75) is 52.9 Å². The SMILES string of the molecule is CCC1(C)CCN(CC2(C)CCNCC2)CC1. The van der Waals surface area contributed by atoms with E-state index in [4.69, 9.17) is 0 Å². The van der Waals surface area contributed by atoms with E-state index < -0.39 is 0 Å². The van der Waals surface area contributed by atoms with Gasteiger partial charge >= 0.3 is 0 Å². The summed E-state index contributed by atoms with van der Waals surface area (Å²) in [6.45, 7) is 13.7. The summed E-state index contributed by atoms with van der Waals surface area (Å²) >= 11 is 0. The van der Waals surface area contributed by atoms with Crippen LogP contribution in [0.15, 0.2) is 0 Å². The summed E-state index contributed by atoms with van der Waals surface area (Å²) in [4.78, 5) is 2.72. The van der Waals surface area contributed by atoms with E-state index in [1.807, 2.05) is 0 Å². The average molecular weight is 238 g/mol. The van der Waals surface area contributed by atoms with Crippen LogP contribution >= 0.6 is 0 Å². The standard InChI is InChI=1S/C15H30N2/c1-4-14(2)7-11-17(12-8-14)13-15(3)5-9-16-10-6-15/h16H,4-13H2,1-3H3. The monoisotopic (exact) mass is 238 g/mol. The zero-order valence-electron chi connectivity index (χ0n) is 12.0. The molecule has 0 aromatic rings. The van der Waals surface area contributed by atoms with Crippen molar-refractivity contribution in [1.82, 2.24) is 10.2 Å². The summed E-state index contributed by atoms with van der Waals surface area (Å²) < 4.78 is 0. The van der Waals surface area contributed by atoms with Gasteiger partial charge in [0.1, 0.15) is 0 Å². The highest BCUT2D eigenvalue weighted by Crippen LogP contribution is 2.36. The third-order valence-corrected chi connectivity index (χ3v) is 5.33. The number of hydrogen-bond acceptors (Lipinski definition) is 2. The molecule has 0 aromatic heterocycles. The van der Waals surface area contributed by atoms with Crippen molar-refractivity contribution in [3.05, 3.63) is 0 Å². The van der Waals surface area contributed by atoms with Crippen LogP contribution in [0.3, 0.4) is 0 Å². The van der Waals surface area contributed by atoms with E-state index in [1.165, 1.54) is 64.8 Å². The number of nitrogens with one attached hydrogen (secondary N) is 1. The number of nitrogens with zero attached hydrogens (tertiary/aromatic N) is 1. The van der Waals surface area contributed by atoms with E-state index >= 15 is 0 Å². The first-order valence-electron chi connectivity index (χ1n) is 7.48. The predicted molar refractivity (Wildman–Crippen MR) is 74.3 cm³/mol. The maximum atomic E-state index is 3.48. The average Bonchev–Trinajstić information content (AvgIpc) is 2.33. The fourth-order valence-corrected chi connectivity index (χ4v) is 3.33. The summed E-state index contributed by atoms with van der Waals surface area (Å²) in [5, 5.41) is 3.48. The first kappa shape index (κ1) is 13.4. The molecule has 2 aliphatic heterocycles. The fourth-order valence-electron chi connectivity index (χ4n) is 3.33. The molecule has 2 heterocycles. The molecule has 1 N–H and O–H groups in total. The van der Waals surface area contributed by atoms with Gasteiger partial charge in [0.2, 0.25) is 0 Å². The number of rotatable bonds is 3. The van der Waals surface area contributed by atoms with Gasteiger partial charge in [0.25, 0.3) is 0 Å². The second-order valence-electron chi connectivity index (χ2n) is 7.00. The van der Waals surface area contributed by atoms with Gasteiger partial charge in [-0.25, -0.2) is 0 Å². The second-order valence-corrected chi connectivity index (χ2v) is 7.00. The summed E-state index contributed by atoms with van der Waals surface area (Å²) in [5.41, 5.74) is 1.21. The summed E-state index contributed by atoms with van der Waals surface area (Å²) in [6.07, 6.45) is 6.86. The van der Waals surface area contributed by atoms with E-state index in [2.05, 4.69) is 31.0 Å². The van der Waals surface area contributed by atoms with Crippen LogP contribution < -0.4 is 5.32 Å². The number of likely N-dealkylation sites (tertiary alicyclic amines) is 1.